The number of H-pyrrole nitrogens is 1. The number of aromatic amines is 1. The van der Waals surface area contributed by atoms with E-state index in [-0.39, 0.29) is 22.9 Å². The van der Waals surface area contributed by atoms with Crippen molar-refractivity contribution in [2.75, 3.05) is 0 Å². The smallest absolute Gasteiger partial charge is 0.262 e. The minimum Gasteiger partial charge on any atom is -0.493 e. The lowest BCUT2D eigenvalue weighted by Gasteiger charge is -2.06. The molecule has 2 N–H and O–H groups in total. The Labute approximate surface area is 118 Å². The Balaban J connectivity index is 2.07. The van der Waals surface area contributed by atoms with Crippen LogP contribution in [-0.2, 0) is 0 Å². The van der Waals surface area contributed by atoms with E-state index in [2.05, 4.69) is 32.8 Å². The average Bonchev–Trinajstić information content (AvgIpc) is 3.08. The molecule has 98 valence electrons. The zero-order valence-corrected chi connectivity index (χ0v) is 11.9. The Morgan fingerprint density at radius 3 is 2.53 bits per heavy atom. The van der Waals surface area contributed by atoms with Gasteiger partial charge in [-0.2, -0.15) is 4.98 Å². The van der Waals surface area contributed by atoms with Gasteiger partial charge in [-0.15, -0.1) is 0 Å². The van der Waals surface area contributed by atoms with Crippen LogP contribution in [0.25, 0.3) is 11.1 Å². The van der Waals surface area contributed by atoms with E-state index in [9.17, 15) is 9.90 Å². The lowest BCUT2D eigenvalue weighted by atomic mass is 10.1. The van der Waals surface area contributed by atoms with Crippen molar-refractivity contribution >= 4 is 15.9 Å². The summed E-state index contributed by atoms with van der Waals surface area (Å²) in [6.07, 6.45) is 1.01. The number of rotatable bonds is 2. The van der Waals surface area contributed by atoms with Crippen molar-refractivity contribution in [3.63, 3.8) is 0 Å². The third-order valence-corrected chi connectivity index (χ3v) is 4.04. The molecular formula is C14H13BrN2O2. The van der Waals surface area contributed by atoms with Crippen LogP contribution in [0.15, 0.2) is 33.5 Å². The standard InChI is InChI=1S/C14H13BrN2O2/c1-7-6-10(7)12-16-13(18)11(14(19)17-12)8-2-4-9(15)5-3-8/h2-5,7,10H,6H2,1H3,(H2,16,17,18,19). The topological polar surface area (TPSA) is 66.0 Å². The first-order valence-corrected chi connectivity index (χ1v) is 6.94. The first kappa shape index (κ1) is 12.4. The second-order valence-corrected chi connectivity index (χ2v) is 5.89. The Bertz CT molecular complexity index is 679. The van der Waals surface area contributed by atoms with Gasteiger partial charge in [0.25, 0.3) is 5.56 Å². The third kappa shape index (κ3) is 2.30. The number of aromatic nitrogens is 2. The molecule has 0 spiro atoms. The number of nitrogens with zero attached hydrogens (tertiary/aromatic N) is 1. The maximum Gasteiger partial charge on any atom is 0.262 e. The van der Waals surface area contributed by atoms with E-state index < -0.39 is 0 Å². The van der Waals surface area contributed by atoms with E-state index in [1.807, 2.05) is 12.1 Å². The second-order valence-electron chi connectivity index (χ2n) is 4.98. The molecule has 1 heterocycles. The zero-order chi connectivity index (χ0) is 13.6. The van der Waals surface area contributed by atoms with E-state index in [0.717, 1.165) is 10.9 Å². The second kappa shape index (κ2) is 4.49. The number of hydrogen-bond acceptors (Lipinski definition) is 3. The van der Waals surface area contributed by atoms with Crippen molar-refractivity contribution in [3.05, 3.63) is 44.9 Å². The van der Waals surface area contributed by atoms with Crippen molar-refractivity contribution in [3.8, 4) is 17.0 Å². The number of halogens is 1. The molecule has 1 aromatic heterocycles. The van der Waals surface area contributed by atoms with Crippen molar-refractivity contribution in [1.82, 2.24) is 9.97 Å². The van der Waals surface area contributed by atoms with E-state index in [1.54, 1.807) is 12.1 Å². The first-order valence-electron chi connectivity index (χ1n) is 6.15. The van der Waals surface area contributed by atoms with Gasteiger partial charge in [0.2, 0.25) is 5.88 Å². The summed E-state index contributed by atoms with van der Waals surface area (Å²) in [7, 11) is 0. The molecule has 0 saturated heterocycles. The summed E-state index contributed by atoms with van der Waals surface area (Å²) >= 11 is 3.34. The predicted octanol–water partition coefficient (Wildman–Crippen LogP) is 3.03. The molecule has 1 fully saturated rings. The average molecular weight is 321 g/mol. The summed E-state index contributed by atoms with van der Waals surface area (Å²) in [5.74, 6) is 1.20. The van der Waals surface area contributed by atoms with Crippen LogP contribution in [0.1, 0.15) is 25.1 Å². The summed E-state index contributed by atoms with van der Waals surface area (Å²) in [4.78, 5) is 19.0. The van der Waals surface area contributed by atoms with E-state index in [1.165, 1.54) is 0 Å². The van der Waals surface area contributed by atoms with Crippen LogP contribution >= 0.6 is 15.9 Å². The summed E-state index contributed by atoms with van der Waals surface area (Å²) in [6.45, 7) is 2.10. The first-order chi connectivity index (χ1) is 9.06. The molecule has 19 heavy (non-hydrogen) atoms. The summed E-state index contributed by atoms with van der Waals surface area (Å²) < 4.78 is 0.920. The molecule has 2 unspecified atom stereocenters. The minimum atomic E-state index is -0.288. The van der Waals surface area contributed by atoms with Crippen LogP contribution < -0.4 is 5.56 Å². The van der Waals surface area contributed by atoms with E-state index >= 15 is 0 Å². The van der Waals surface area contributed by atoms with Crippen molar-refractivity contribution in [2.45, 2.75) is 19.3 Å². The Kier molecular flexibility index (Phi) is 2.93. The van der Waals surface area contributed by atoms with Crippen LogP contribution in [0.5, 0.6) is 5.88 Å². The molecule has 1 aromatic carbocycles. The molecule has 0 aliphatic heterocycles. The molecule has 2 aromatic rings. The molecule has 2 atom stereocenters. The highest BCUT2D eigenvalue weighted by Crippen LogP contribution is 2.45. The monoisotopic (exact) mass is 320 g/mol. The van der Waals surface area contributed by atoms with Crippen LogP contribution in [0.3, 0.4) is 0 Å². The molecule has 0 amide bonds. The molecule has 1 aliphatic carbocycles. The fourth-order valence-electron chi connectivity index (χ4n) is 2.23. The number of benzene rings is 1. The van der Waals surface area contributed by atoms with Gasteiger partial charge in [-0.1, -0.05) is 35.0 Å². The maximum absolute atomic E-state index is 12.1. The Morgan fingerprint density at radius 2 is 2.00 bits per heavy atom. The van der Waals surface area contributed by atoms with Crippen molar-refractivity contribution in [1.29, 1.82) is 0 Å². The summed E-state index contributed by atoms with van der Waals surface area (Å²) in [6, 6.07) is 7.20. The third-order valence-electron chi connectivity index (χ3n) is 3.51. The van der Waals surface area contributed by atoms with Crippen molar-refractivity contribution in [2.24, 2.45) is 5.92 Å². The van der Waals surface area contributed by atoms with Gasteiger partial charge in [-0.25, -0.2) is 0 Å². The predicted molar refractivity (Wildman–Crippen MR) is 76.2 cm³/mol. The van der Waals surface area contributed by atoms with Gasteiger partial charge < -0.3 is 10.1 Å². The minimum absolute atomic E-state index is 0.194. The van der Waals surface area contributed by atoms with Crippen molar-refractivity contribution < 1.29 is 5.11 Å². The normalized spacial score (nSPS) is 21.4. The lowest BCUT2D eigenvalue weighted by molar-refractivity contribution is 0.449. The molecule has 5 heteroatoms. The summed E-state index contributed by atoms with van der Waals surface area (Å²) in [5.41, 5.74) is 0.596. The SMILES string of the molecule is CC1CC1c1nc(O)c(-c2ccc(Br)cc2)c(=O)[nH]1. The van der Waals surface area contributed by atoms with Gasteiger partial charge in [-0.05, 0) is 30.0 Å². The zero-order valence-electron chi connectivity index (χ0n) is 10.4. The largest absolute Gasteiger partial charge is 0.493 e. The quantitative estimate of drug-likeness (QED) is 0.893. The summed E-state index contributed by atoms with van der Waals surface area (Å²) in [5, 5.41) is 10.0. The fourth-order valence-corrected chi connectivity index (χ4v) is 2.50. The van der Waals surface area contributed by atoms with Crippen LogP contribution in [0.4, 0.5) is 0 Å². The maximum atomic E-state index is 12.1. The fraction of sp³-hybridized carbons (Fsp3) is 0.286. The van der Waals surface area contributed by atoms with E-state index in [4.69, 9.17) is 0 Å². The molecule has 0 bridgehead atoms. The van der Waals surface area contributed by atoms with Gasteiger partial charge in [-0.3, -0.25) is 4.79 Å². The Hall–Kier alpha value is -1.62. The molecule has 1 saturated carbocycles. The highest BCUT2D eigenvalue weighted by molar-refractivity contribution is 9.10. The molecule has 3 rings (SSSR count). The van der Waals surface area contributed by atoms with Crippen LogP contribution in [0.2, 0.25) is 0 Å². The van der Waals surface area contributed by atoms with Gasteiger partial charge in [0, 0.05) is 10.4 Å². The highest BCUT2D eigenvalue weighted by atomic mass is 79.9. The highest BCUT2D eigenvalue weighted by Gasteiger charge is 2.36. The number of hydrogen-bond donors (Lipinski definition) is 2. The molecule has 0 radical (unpaired) electrons. The molecule has 4 nitrogen and oxygen atoms in total. The number of aromatic hydroxyl groups is 1. The van der Waals surface area contributed by atoms with Crippen LogP contribution in [0, 0.1) is 5.92 Å². The van der Waals surface area contributed by atoms with Crippen LogP contribution in [-0.4, -0.2) is 15.1 Å². The lowest BCUT2D eigenvalue weighted by Crippen LogP contribution is -2.13. The van der Waals surface area contributed by atoms with E-state index in [0.29, 0.717) is 17.3 Å². The van der Waals surface area contributed by atoms with Gasteiger partial charge in [0.05, 0.1) is 0 Å². The molecular weight excluding hydrogens is 308 g/mol. The van der Waals surface area contributed by atoms with Gasteiger partial charge in [0.15, 0.2) is 0 Å². The Morgan fingerprint density at radius 1 is 1.37 bits per heavy atom. The number of nitrogens with one attached hydrogen (secondary N) is 1. The van der Waals surface area contributed by atoms with Gasteiger partial charge in [0.1, 0.15) is 11.4 Å². The molecule has 1 aliphatic rings. The van der Waals surface area contributed by atoms with Gasteiger partial charge >= 0.3 is 0 Å².